The van der Waals surface area contributed by atoms with E-state index in [0.29, 0.717) is 42.6 Å². The summed E-state index contributed by atoms with van der Waals surface area (Å²) in [7, 11) is -3.26. The number of ether oxygens (including phenoxy) is 1. The summed E-state index contributed by atoms with van der Waals surface area (Å²) >= 11 is 0. The Bertz CT molecular complexity index is 1320. The van der Waals surface area contributed by atoms with E-state index >= 15 is 0 Å². The van der Waals surface area contributed by atoms with Gasteiger partial charge in [0.2, 0.25) is 10.0 Å². The normalized spacial score (nSPS) is 19.9. The lowest BCUT2D eigenvalue weighted by molar-refractivity contribution is -0.137. The third kappa shape index (κ3) is 5.47. The van der Waals surface area contributed by atoms with Crippen molar-refractivity contribution in [1.82, 2.24) is 13.8 Å². The Morgan fingerprint density at radius 3 is 2.47 bits per heavy atom. The summed E-state index contributed by atoms with van der Waals surface area (Å²) in [5, 5.41) is 0. The molecule has 0 radical (unpaired) electrons. The van der Waals surface area contributed by atoms with Crippen molar-refractivity contribution in [1.29, 1.82) is 0 Å². The van der Waals surface area contributed by atoms with Gasteiger partial charge in [-0.1, -0.05) is 6.07 Å². The van der Waals surface area contributed by atoms with Crippen molar-refractivity contribution < 1.29 is 30.4 Å². The molecular formula is C23H28F3N3O4S. The molecule has 0 unspecified atom stereocenters. The Hall–Kier alpha value is -2.37. The van der Waals surface area contributed by atoms with Crippen LogP contribution in [0, 0.1) is 5.92 Å². The molecule has 2 aliphatic heterocycles. The molecule has 3 heterocycles. The molecule has 2 aliphatic rings. The average molecular weight is 503 g/mol. The van der Waals surface area contributed by atoms with Crippen molar-refractivity contribution in [2.24, 2.45) is 12.9 Å². The first-order chi connectivity index (χ1) is 17.1. The predicted octanol–water partition coefficient (Wildman–Crippen LogP) is 2.97. The molecule has 1 aromatic carbocycles. The van der Waals surface area contributed by atoms with Crippen molar-refractivity contribution in [3.05, 3.63) is 63.1 Å². The number of alkyl halides is 3. The molecule has 0 N–H and O–H groups in total. The fraction of sp³-hybridized carbons (Fsp3) is 0.522. The van der Waals surface area contributed by atoms with Crippen LogP contribution in [0.5, 0.6) is 5.75 Å². The van der Waals surface area contributed by atoms with E-state index in [4.69, 9.17) is 8.85 Å². The lowest BCUT2D eigenvalue weighted by Crippen LogP contribution is -2.39. The van der Waals surface area contributed by atoms with Crippen LogP contribution in [0.1, 0.15) is 39.3 Å². The van der Waals surface area contributed by atoms with Crippen LogP contribution in [0.25, 0.3) is 0 Å². The number of nitrogens with zero attached hydrogens (tertiary/aromatic N) is 3. The summed E-state index contributed by atoms with van der Waals surface area (Å²) in [5.41, 5.74) is -0.127. The van der Waals surface area contributed by atoms with Gasteiger partial charge in [0.15, 0.2) is 5.75 Å². The molecule has 0 amide bonds. The van der Waals surface area contributed by atoms with Gasteiger partial charge >= 0.3 is 6.18 Å². The fourth-order valence-corrected chi connectivity index (χ4v) is 5.26. The summed E-state index contributed by atoms with van der Waals surface area (Å²) in [6.45, 7) is -1.36. The first kappa shape index (κ1) is 21.0. The third-order valence-electron chi connectivity index (χ3n) is 6.35. The van der Waals surface area contributed by atoms with Crippen LogP contribution in [0.3, 0.4) is 0 Å². The van der Waals surface area contributed by atoms with Crippen molar-refractivity contribution >= 4 is 10.0 Å². The summed E-state index contributed by atoms with van der Waals surface area (Å²) in [6.07, 6.45) is -2.18. The molecule has 34 heavy (non-hydrogen) atoms. The standard InChI is InChI=1S/C23H28F3N3O4S/c1-27-20(14-28-12-17-3-4-19(23(24,25)26)11-18(17)13-28)5-6-21(22(27)30)33-15-16-7-9-29(10-8-16)34(2,31)32/h3-6,11,16H,7-10,12-15H2,1-2H3/i1D3. The van der Waals surface area contributed by atoms with E-state index in [-0.39, 0.29) is 37.1 Å². The summed E-state index contributed by atoms with van der Waals surface area (Å²) < 4.78 is 94.0. The summed E-state index contributed by atoms with van der Waals surface area (Å²) in [5.74, 6) is -0.104. The lowest BCUT2D eigenvalue weighted by Gasteiger charge is -2.30. The van der Waals surface area contributed by atoms with Crippen LogP contribution in [-0.2, 0) is 42.8 Å². The van der Waals surface area contributed by atoms with Crippen LogP contribution in [0.2, 0.25) is 0 Å². The topological polar surface area (TPSA) is 71.8 Å². The zero-order valence-electron chi connectivity index (χ0n) is 21.6. The van der Waals surface area contributed by atoms with Gasteiger partial charge in [-0.25, -0.2) is 12.7 Å². The molecule has 7 nitrogen and oxygen atoms in total. The minimum Gasteiger partial charge on any atom is -0.488 e. The highest BCUT2D eigenvalue weighted by Gasteiger charge is 2.32. The number of benzene rings is 1. The van der Waals surface area contributed by atoms with Crippen molar-refractivity contribution in [3.63, 3.8) is 0 Å². The monoisotopic (exact) mass is 502 g/mol. The molecule has 2 aromatic rings. The van der Waals surface area contributed by atoms with E-state index in [0.717, 1.165) is 24.0 Å². The van der Waals surface area contributed by atoms with Crippen molar-refractivity contribution in [2.75, 3.05) is 26.0 Å². The molecule has 0 atom stereocenters. The van der Waals surface area contributed by atoms with Gasteiger partial charge in [-0.3, -0.25) is 9.69 Å². The van der Waals surface area contributed by atoms with Crippen LogP contribution < -0.4 is 10.3 Å². The van der Waals surface area contributed by atoms with E-state index in [1.54, 1.807) is 4.90 Å². The maximum atomic E-state index is 13.1. The smallest absolute Gasteiger partial charge is 0.416 e. The van der Waals surface area contributed by atoms with Crippen LogP contribution in [0.15, 0.2) is 35.1 Å². The summed E-state index contributed by atoms with van der Waals surface area (Å²) in [4.78, 5) is 14.9. The Labute approximate surface area is 201 Å². The number of aromatic nitrogens is 1. The number of pyridine rings is 1. The first-order valence-corrected chi connectivity index (χ1v) is 12.7. The molecule has 186 valence electrons. The molecule has 1 aromatic heterocycles. The Morgan fingerprint density at radius 2 is 1.82 bits per heavy atom. The van der Waals surface area contributed by atoms with Crippen LogP contribution >= 0.6 is 0 Å². The Morgan fingerprint density at radius 1 is 1.12 bits per heavy atom. The highest BCUT2D eigenvalue weighted by atomic mass is 32.2. The maximum absolute atomic E-state index is 13.1. The SMILES string of the molecule is [2H]C([2H])([2H])n1c(CN2Cc3ccc(C(F)(F)F)cc3C2)ccc(OCC2CCN(S(C)(=O)=O)CC2)c1=O. The molecule has 11 heteroatoms. The number of fused-ring (bicyclic) bond motifs is 1. The molecule has 0 saturated carbocycles. The zero-order valence-corrected chi connectivity index (χ0v) is 19.5. The number of hydrogen-bond donors (Lipinski definition) is 0. The molecule has 4 rings (SSSR count). The van der Waals surface area contributed by atoms with Gasteiger partial charge in [0.05, 0.1) is 18.4 Å². The van der Waals surface area contributed by atoms with Gasteiger partial charge in [-0.15, -0.1) is 0 Å². The highest BCUT2D eigenvalue weighted by Crippen LogP contribution is 2.33. The number of piperidine rings is 1. The molecule has 0 bridgehead atoms. The number of halogens is 3. The molecule has 1 fully saturated rings. The van der Waals surface area contributed by atoms with Gasteiger partial charge in [-0.05, 0) is 54.2 Å². The number of sulfonamides is 1. The van der Waals surface area contributed by atoms with Gasteiger partial charge < -0.3 is 9.30 Å². The summed E-state index contributed by atoms with van der Waals surface area (Å²) in [6, 6.07) is 6.45. The van der Waals surface area contributed by atoms with E-state index in [1.165, 1.54) is 22.5 Å². The maximum Gasteiger partial charge on any atom is 0.416 e. The average Bonchev–Trinajstić information content (AvgIpc) is 3.18. The first-order valence-electron chi connectivity index (χ1n) is 12.4. The fourth-order valence-electron chi connectivity index (χ4n) is 4.39. The second-order valence-corrected chi connectivity index (χ2v) is 10.9. The highest BCUT2D eigenvalue weighted by molar-refractivity contribution is 7.88. The minimum absolute atomic E-state index is 0.0166. The molecule has 0 spiro atoms. The van der Waals surface area contributed by atoms with Crippen LogP contribution in [-0.4, -0.2) is 48.1 Å². The van der Waals surface area contributed by atoms with Gasteiger partial charge in [0.25, 0.3) is 5.56 Å². The second kappa shape index (κ2) is 9.35. The van der Waals surface area contributed by atoms with Gasteiger partial charge in [0, 0.05) is 49.5 Å². The quantitative estimate of drug-likeness (QED) is 0.608. The van der Waals surface area contributed by atoms with Crippen LogP contribution in [0.4, 0.5) is 13.2 Å². The molecular weight excluding hydrogens is 471 g/mol. The molecule has 1 saturated heterocycles. The van der Waals surface area contributed by atoms with E-state index in [9.17, 15) is 26.4 Å². The lowest BCUT2D eigenvalue weighted by atomic mass is 9.99. The van der Waals surface area contributed by atoms with Crippen molar-refractivity contribution in [2.45, 2.75) is 38.7 Å². The zero-order chi connectivity index (χ0) is 27.2. The minimum atomic E-state index is -4.45. The third-order valence-corrected chi connectivity index (χ3v) is 7.66. The molecule has 0 aliphatic carbocycles. The van der Waals surface area contributed by atoms with Gasteiger partial charge in [-0.2, -0.15) is 13.2 Å². The predicted molar refractivity (Wildman–Crippen MR) is 121 cm³/mol. The largest absolute Gasteiger partial charge is 0.488 e. The Balaban J connectivity index is 1.47. The van der Waals surface area contributed by atoms with Crippen molar-refractivity contribution in [3.8, 4) is 5.75 Å². The number of rotatable bonds is 6. The number of hydrogen-bond acceptors (Lipinski definition) is 5. The van der Waals surface area contributed by atoms with E-state index in [1.807, 2.05) is 0 Å². The Kier molecular flexibility index (Phi) is 5.76. The van der Waals surface area contributed by atoms with Gasteiger partial charge in [0.1, 0.15) is 0 Å². The second-order valence-electron chi connectivity index (χ2n) is 8.87. The van der Waals surface area contributed by atoms with E-state index in [2.05, 4.69) is 0 Å². The van der Waals surface area contributed by atoms with E-state index < -0.39 is 34.3 Å².